The molecule has 82 valence electrons. The van der Waals surface area contributed by atoms with Crippen LogP contribution in [-0.2, 0) is 6.67 Å². The molecule has 15 heavy (non-hydrogen) atoms. The molecule has 2 rings (SSSR count). The van der Waals surface area contributed by atoms with E-state index < -0.39 is 6.67 Å². The minimum absolute atomic E-state index is 0.428. The number of benzene rings is 1. The molecule has 0 bridgehead atoms. The summed E-state index contributed by atoms with van der Waals surface area (Å²) in [6.07, 6.45) is 1.17. The zero-order valence-corrected chi connectivity index (χ0v) is 8.71. The molecule has 1 saturated heterocycles. The zero-order chi connectivity index (χ0) is 10.5. The fraction of sp³-hybridized carbons (Fsp3) is 0.500. The van der Waals surface area contributed by atoms with Crippen molar-refractivity contribution in [3.63, 3.8) is 0 Å². The van der Waals surface area contributed by atoms with Crippen LogP contribution in [0.5, 0.6) is 5.75 Å². The first kappa shape index (κ1) is 10.4. The van der Waals surface area contributed by atoms with Crippen molar-refractivity contribution >= 4 is 0 Å². The van der Waals surface area contributed by atoms with Crippen LogP contribution in [0.1, 0.15) is 12.0 Å². The lowest BCUT2D eigenvalue weighted by molar-refractivity contribution is 0.259. The topological polar surface area (TPSA) is 21.3 Å². The van der Waals surface area contributed by atoms with E-state index >= 15 is 0 Å². The van der Waals surface area contributed by atoms with Crippen molar-refractivity contribution in [1.29, 1.82) is 0 Å². The fourth-order valence-electron chi connectivity index (χ4n) is 1.79. The molecule has 1 fully saturated rings. The van der Waals surface area contributed by atoms with Crippen molar-refractivity contribution in [3.8, 4) is 5.75 Å². The van der Waals surface area contributed by atoms with Crippen molar-refractivity contribution in [2.24, 2.45) is 5.92 Å². The molecule has 0 saturated carbocycles. The summed E-state index contributed by atoms with van der Waals surface area (Å²) in [6, 6.07) is 7.24. The van der Waals surface area contributed by atoms with E-state index in [0.29, 0.717) is 11.5 Å². The van der Waals surface area contributed by atoms with Crippen LogP contribution in [0.15, 0.2) is 24.3 Å². The zero-order valence-electron chi connectivity index (χ0n) is 8.71. The van der Waals surface area contributed by atoms with Crippen molar-refractivity contribution in [3.05, 3.63) is 29.8 Å². The van der Waals surface area contributed by atoms with Gasteiger partial charge in [0.05, 0.1) is 6.61 Å². The lowest BCUT2D eigenvalue weighted by Gasteiger charge is -2.11. The molecule has 1 heterocycles. The molecule has 1 aromatic rings. The van der Waals surface area contributed by atoms with Crippen LogP contribution in [0.2, 0.25) is 0 Å². The van der Waals surface area contributed by atoms with Gasteiger partial charge < -0.3 is 10.1 Å². The molecule has 1 aromatic carbocycles. The Morgan fingerprint density at radius 2 is 2.40 bits per heavy atom. The largest absolute Gasteiger partial charge is 0.493 e. The Labute approximate surface area is 89.4 Å². The summed E-state index contributed by atoms with van der Waals surface area (Å²) >= 11 is 0. The molecular formula is C12H16FNO. The van der Waals surface area contributed by atoms with E-state index in [1.165, 1.54) is 6.42 Å². The first-order chi connectivity index (χ1) is 7.38. The SMILES string of the molecule is FCc1cccc(OCC2CCNC2)c1. The Bertz CT molecular complexity index is 310. The van der Waals surface area contributed by atoms with Gasteiger partial charge in [-0.1, -0.05) is 12.1 Å². The standard InChI is InChI=1S/C12H16FNO/c13-7-10-2-1-3-12(6-10)15-9-11-4-5-14-8-11/h1-3,6,11,14H,4-5,7-9H2. The van der Waals surface area contributed by atoms with E-state index in [1.807, 2.05) is 12.1 Å². The molecule has 1 unspecified atom stereocenters. The first-order valence-corrected chi connectivity index (χ1v) is 5.37. The predicted octanol–water partition coefficient (Wildman–Crippen LogP) is 2.14. The van der Waals surface area contributed by atoms with Crippen molar-refractivity contribution in [2.45, 2.75) is 13.1 Å². The first-order valence-electron chi connectivity index (χ1n) is 5.37. The number of alkyl halides is 1. The maximum absolute atomic E-state index is 12.4. The van der Waals surface area contributed by atoms with Crippen LogP contribution in [0.4, 0.5) is 4.39 Å². The fourth-order valence-corrected chi connectivity index (χ4v) is 1.79. The summed E-state index contributed by atoms with van der Waals surface area (Å²) in [5.41, 5.74) is 0.678. The van der Waals surface area contributed by atoms with Crippen LogP contribution in [-0.4, -0.2) is 19.7 Å². The van der Waals surface area contributed by atoms with E-state index in [2.05, 4.69) is 5.32 Å². The van der Waals surface area contributed by atoms with E-state index in [0.717, 1.165) is 25.4 Å². The van der Waals surface area contributed by atoms with E-state index in [1.54, 1.807) is 12.1 Å². The van der Waals surface area contributed by atoms with Gasteiger partial charge in [-0.05, 0) is 30.7 Å². The average molecular weight is 209 g/mol. The lowest BCUT2D eigenvalue weighted by Crippen LogP contribution is -2.15. The van der Waals surface area contributed by atoms with Crippen LogP contribution >= 0.6 is 0 Å². The average Bonchev–Trinajstić information content (AvgIpc) is 2.79. The smallest absolute Gasteiger partial charge is 0.119 e. The highest BCUT2D eigenvalue weighted by Gasteiger charge is 2.14. The van der Waals surface area contributed by atoms with Gasteiger partial charge in [0, 0.05) is 12.5 Å². The van der Waals surface area contributed by atoms with Gasteiger partial charge in [0.2, 0.25) is 0 Å². The molecule has 0 aromatic heterocycles. The molecule has 1 N–H and O–H groups in total. The number of halogens is 1. The molecular weight excluding hydrogens is 193 g/mol. The predicted molar refractivity (Wildman–Crippen MR) is 57.7 cm³/mol. The van der Waals surface area contributed by atoms with Gasteiger partial charge in [-0.2, -0.15) is 0 Å². The maximum atomic E-state index is 12.4. The van der Waals surface area contributed by atoms with Crippen LogP contribution in [0.25, 0.3) is 0 Å². The van der Waals surface area contributed by atoms with Gasteiger partial charge in [0.1, 0.15) is 12.4 Å². The Hall–Kier alpha value is -1.09. The number of hydrogen-bond acceptors (Lipinski definition) is 2. The minimum atomic E-state index is -0.428. The Morgan fingerprint density at radius 1 is 1.47 bits per heavy atom. The summed E-state index contributed by atoms with van der Waals surface area (Å²) in [5.74, 6) is 1.37. The second-order valence-corrected chi connectivity index (χ2v) is 3.95. The molecule has 1 aliphatic heterocycles. The van der Waals surface area contributed by atoms with E-state index in [9.17, 15) is 4.39 Å². The highest BCUT2D eigenvalue weighted by atomic mass is 19.1. The second-order valence-electron chi connectivity index (χ2n) is 3.95. The number of rotatable bonds is 4. The third-order valence-electron chi connectivity index (χ3n) is 2.70. The third-order valence-corrected chi connectivity index (χ3v) is 2.70. The molecule has 0 spiro atoms. The molecule has 1 aliphatic rings. The molecule has 1 atom stereocenters. The summed E-state index contributed by atoms with van der Waals surface area (Å²) in [7, 11) is 0. The Morgan fingerprint density at radius 3 is 3.13 bits per heavy atom. The number of ether oxygens (including phenoxy) is 1. The van der Waals surface area contributed by atoms with Crippen molar-refractivity contribution < 1.29 is 9.13 Å². The normalized spacial score (nSPS) is 20.5. The van der Waals surface area contributed by atoms with Crippen molar-refractivity contribution in [1.82, 2.24) is 5.32 Å². The quantitative estimate of drug-likeness (QED) is 0.820. The molecule has 2 nitrogen and oxygen atoms in total. The lowest BCUT2D eigenvalue weighted by atomic mass is 10.1. The monoisotopic (exact) mass is 209 g/mol. The molecule has 0 aliphatic carbocycles. The Balaban J connectivity index is 1.86. The van der Waals surface area contributed by atoms with Gasteiger partial charge in [-0.3, -0.25) is 0 Å². The minimum Gasteiger partial charge on any atom is -0.493 e. The van der Waals surface area contributed by atoms with Gasteiger partial charge in [-0.25, -0.2) is 4.39 Å². The van der Waals surface area contributed by atoms with Gasteiger partial charge in [-0.15, -0.1) is 0 Å². The molecule has 0 radical (unpaired) electrons. The van der Waals surface area contributed by atoms with Gasteiger partial charge in [0.25, 0.3) is 0 Å². The van der Waals surface area contributed by atoms with Crippen LogP contribution < -0.4 is 10.1 Å². The summed E-state index contributed by atoms with van der Waals surface area (Å²) in [5, 5.41) is 3.29. The summed E-state index contributed by atoms with van der Waals surface area (Å²) < 4.78 is 18.0. The summed E-state index contributed by atoms with van der Waals surface area (Å²) in [6.45, 7) is 2.41. The number of nitrogens with one attached hydrogen (secondary N) is 1. The maximum Gasteiger partial charge on any atom is 0.119 e. The Kier molecular flexibility index (Phi) is 3.56. The summed E-state index contributed by atoms with van der Waals surface area (Å²) in [4.78, 5) is 0. The highest BCUT2D eigenvalue weighted by Crippen LogP contribution is 2.16. The molecule has 3 heteroatoms. The van der Waals surface area contributed by atoms with E-state index in [4.69, 9.17) is 4.74 Å². The van der Waals surface area contributed by atoms with E-state index in [-0.39, 0.29) is 0 Å². The van der Waals surface area contributed by atoms with Gasteiger partial charge in [0.15, 0.2) is 0 Å². The van der Waals surface area contributed by atoms with Gasteiger partial charge >= 0.3 is 0 Å². The number of hydrogen-bond donors (Lipinski definition) is 1. The second kappa shape index (κ2) is 5.12. The van der Waals surface area contributed by atoms with Crippen LogP contribution in [0.3, 0.4) is 0 Å². The highest BCUT2D eigenvalue weighted by molar-refractivity contribution is 5.28. The van der Waals surface area contributed by atoms with Crippen LogP contribution in [0, 0.1) is 5.92 Å². The third kappa shape index (κ3) is 2.93. The molecule has 0 amide bonds. The van der Waals surface area contributed by atoms with Crippen molar-refractivity contribution in [2.75, 3.05) is 19.7 Å².